The first-order chi connectivity index (χ1) is 8.20. The Labute approximate surface area is 103 Å². The molecule has 2 aromatic rings. The van der Waals surface area contributed by atoms with Crippen LogP contribution >= 0.6 is 11.3 Å². The van der Waals surface area contributed by atoms with Crippen LogP contribution < -0.4 is 0 Å². The van der Waals surface area contributed by atoms with E-state index in [0.29, 0.717) is 12.8 Å². The summed E-state index contributed by atoms with van der Waals surface area (Å²) < 4.78 is 5.61. The zero-order chi connectivity index (χ0) is 12.3. The lowest BCUT2D eigenvalue weighted by Gasteiger charge is -1.92. The molecule has 0 aliphatic heterocycles. The fourth-order valence-electron chi connectivity index (χ4n) is 1.51. The van der Waals surface area contributed by atoms with Gasteiger partial charge >= 0.3 is 0 Å². The molecule has 0 bridgehead atoms. The van der Waals surface area contributed by atoms with Crippen molar-refractivity contribution in [1.29, 1.82) is 0 Å². The van der Waals surface area contributed by atoms with Crippen molar-refractivity contribution in [2.45, 2.75) is 19.8 Å². The Kier molecular flexibility index (Phi) is 3.54. The molecule has 4 heteroatoms. The molecule has 88 valence electrons. The zero-order valence-electron chi connectivity index (χ0n) is 9.43. The highest BCUT2D eigenvalue weighted by atomic mass is 32.1. The molecule has 17 heavy (non-hydrogen) atoms. The second-order valence-corrected chi connectivity index (χ2v) is 4.78. The average Bonchev–Trinajstić information content (AvgIpc) is 2.94. The molecule has 2 aromatic heterocycles. The Morgan fingerprint density at radius 3 is 2.82 bits per heavy atom. The van der Waals surface area contributed by atoms with E-state index < -0.39 is 0 Å². The van der Waals surface area contributed by atoms with Crippen molar-refractivity contribution in [3.05, 3.63) is 34.9 Å². The van der Waals surface area contributed by atoms with Gasteiger partial charge in [-0.05, 0) is 31.2 Å². The summed E-state index contributed by atoms with van der Waals surface area (Å²) in [6.07, 6.45) is 1.96. The number of carbonyl (C=O) groups excluding carboxylic acids is 2. The normalized spacial score (nSPS) is 10.4. The Balaban J connectivity index is 2.18. The minimum atomic E-state index is 0.0639. The molecule has 0 aromatic carbocycles. The van der Waals surface area contributed by atoms with Gasteiger partial charge in [0.2, 0.25) is 0 Å². The van der Waals surface area contributed by atoms with E-state index in [2.05, 4.69) is 0 Å². The van der Waals surface area contributed by atoms with Crippen LogP contribution in [0.4, 0.5) is 0 Å². The topological polar surface area (TPSA) is 47.3 Å². The van der Waals surface area contributed by atoms with Crippen LogP contribution in [0.1, 0.15) is 28.8 Å². The van der Waals surface area contributed by atoms with Crippen LogP contribution in [-0.4, -0.2) is 12.1 Å². The van der Waals surface area contributed by atoms with Crippen LogP contribution in [0.2, 0.25) is 0 Å². The van der Waals surface area contributed by atoms with Gasteiger partial charge in [-0.25, -0.2) is 0 Å². The van der Waals surface area contributed by atoms with Crippen molar-refractivity contribution in [2.75, 3.05) is 0 Å². The van der Waals surface area contributed by atoms with Crippen molar-refractivity contribution < 1.29 is 14.0 Å². The lowest BCUT2D eigenvalue weighted by molar-refractivity contribution is -0.107. The summed E-state index contributed by atoms with van der Waals surface area (Å²) in [7, 11) is 0. The van der Waals surface area contributed by atoms with Gasteiger partial charge in [0.25, 0.3) is 0 Å². The number of hydrogen-bond acceptors (Lipinski definition) is 4. The first kappa shape index (κ1) is 11.8. The highest BCUT2D eigenvalue weighted by Gasteiger charge is 2.09. The third-order valence-corrected chi connectivity index (χ3v) is 3.57. The summed E-state index contributed by atoms with van der Waals surface area (Å²) in [4.78, 5) is 23.1. The molecule has 0 aliphatic carbocycles. The maximum absolute atomic E-state index is 11.2. The molecule has 0 amide bonds. The molecule has 0 unspecified atom stereocenters. The first-order valence-corrected chi connectivity index (χ1v) is 6.16. The summed E-state index contributed by atoms with van der Waals surface area (Å²) in [6, 6.07) is 7.42. The van der Waals surface area contributed by atoms with E-state index in [0.717, 1.165) is 27.6 Å². The molecule has 0 aliphatic rings. The second-order valence-electron chi connectivity index (χ2n) is 3.69. The van der Waals surface area contributed by atoms with Gasteiger partial charge in [-0.2, -0.15) is 0 Å². The van der Waals surface area contributed by atoms with E-state index in [-0.39, 0.29) is 5.78 Å². The maximum atomic E-state index is 11.2. The summed E-state index contributed by atoms with van der Waals surface area (Å²) in [5, 5.41) is 0. The van der Waals surface area contributed by atoms with Crippen LogP contribution in [0.15, 0.2) is 28.7 Å². The SMILES string of the molecule is CC(=O)c1ccc(-c2ccc(CCC=O)o2)s1. The van der Waals surface area contributed by atoms with Crippen LogP contribution in [0.5, 0.6) is 0 Å². The molecule has 0 atom stereocenters. The molecule has 0 fully saturated rings. The van der Waals surface area contributed by atoms with E-state index in [1.54, 1.807) is 13.0 Å². The zero-order valence-corrected chi connectivity index (χ0v) is 10.3. The molecule has 3 nitrogen and oxygen atoms in total. The van der Waals surface area contributed by atoms with Gasteiger partial charge in [-0.3, -0.25) is 4.79 Å². The number of aldehydes is 1. The van der Waals surface area contributed by atoms with Crippen molar-refractivity contribution in [3.8, 4) is 10.6 Å². The Morgan fingerprint density at radius 1 is 1.35 bits per heavy atom. The van der Waals surface area contributed by atoms with Gasteiger partial charge in [0.05, 0.1) is 9.75 Å². The van der Waals surface area contributed by atoms with Crippen LogP contribution in [-0.2, 0) is 11.2 Å². The molecule has 0 saturated heterocycles. The highest BCUT2D eigenvalue weighted by molar-refractivity contribution is 7.17. The molecular formula is C13H12O3S. The van der Waals surface area contributed by atoms with Crippen molar-refractivity contribution in [3.63, 3.8) is 0 Å². The van der Waals surface area contributed by atoms with Crippen molar-refractivity contribution in [2.24, 2.45) is 0 Å². The van der Waals surface area contributed by atoms with E-state index in [1.807, 2.05) is 18.2 Å². The summed E-state index contributed by atoms with van der Waals surface area (Å²) in [5.41, 5.74) is 0. The van der Waals surface area contributed by atoms with E-state index in [4.69, 9.17) is 4.42 Å². The Bertz CT molecular complexity index is 536. The van der Waals surface area contributed by atoms with Gasteiger partial charge in [0.15, 0.2) is 5.78 Å². The average molecular weight is 248 g/mol. The third kappa shape index (κ3) is 2.71. The van der Waals surface area contributed by atoms with Crippen molar-refractivity contribution in [1.82, 2.24) is 0 Å². The summed E-state index contributed by atoms with van der Waals surface area (Å²) >= 11 is 1.42. The van der Waals surface area contributed by atoms with Crippen LogP contribution in [0.25, 0.3) is 10.6 Å². The van der Waals surface area contributed by atoms with Gasteiger partial charge < -0.3 is 9.21 Å². The molecule has 0 N–H and O–H groups in total. The van der Waals surface area contributed by atoms with E-state index in [1.165, 1.54) is 11.3 Å². The maximum Gasteiger partial charge on any atom is 0.169 e. The van der Waals surface area contributed by atoms with Gasteiger partial charge in [0.1, 0.15) is 17.8 Å². The predicted octanol–water partition coefficient (Wildman–Crippen LogP) is 3.34. The van der Waals surface area contributed by atoms with Crippen molar-refractivity contribution >= 4 is 23.4 Å². The largest absolute Gasteiger partial charge is 0.460 e. The van der Waals surface area contributed by atoms with Gasteiger partial charge in [-0.15, -0.1) is 11.3 Å². The standard InChI is InChI=1S/C13H12O3S/c1-9(15)12-6-7-13(17-12)11-5-4-10(16-11)3-2-8-14/h4-8H,2-3H2,1H3. The number of Topliss-reactive ketones (excluding diaryl/α,β-unsaturated/α-hetero) is 1. The van der Waals surface area contributed by atoms with Crippen LogP contribution in [0.3, 0.4) is 0 Å². The summed E-state index contributed by atoms with van der Waals surface area (Å²) in [6.45, 7) is 1.55. The number of thiophene rings is 1. The highest BCUT2D eigenvalue weighted by Crippen LogP contribution is 2.30. The number of rotatable bonds is 5. The Morgan fingerprint density at radius 2 is 2.18 bits per heavy atom. The van der Waals surface area contributed by atoms with Crippen LogP contribution in [0, 0.1) is 0 Å². The van der Waals surface area contributed by atoms with Gasteiger partial charge in [0, 0.05) is 12.8 Å². The number of aryl methyl sites for hydroxylation is 1. The van der Waals surface area contributed by atoms with Gasteiger partial charge in [-0.1, -0.05) is 0 Å². The third-order valence-electron chi connectivity index (χ3n) is 2.37. The molecule has 0 radical (unpaired) electrons. The minimum absolute atomic E-state index is 0.0639. The fourth-order valence-corrected chi connectivity index (χ4v) is 2.37. The monoisotopic (exact) mass is 248 g/mol. The minimum Gasteiger partial charge on any atom is -0.460 e. The first-order valence-electron chi connectivity index (χ1n) is 5.34. The quantitative estimate of drug-likeness (QED) is 0.602. The Hall–Kier alpha value is -1.68. The van der Waals surface area contributed by atoms with E-state index in [9.17, 15) is 9.59 Å². The number of ketones is 1. The summed E-state index contributed by atoms with van der Waals surface area (Å²) in [5.74, 6) is 1.61. The molecule has 2 heterocycles. The molecule has 0 spiro atoms. The smallest absolute Gasteiger partial charge is 0.169 e. The number of carbonyl (C=O) groups is 2. The lowest BCUT2D eigenvalue weighted by Crippen LogP contribution is -1.83. The molecule has 2 rings (SSSR count). The van der Waals surface area contributed by atoms with E-state index >= 15 is 0 Å². The number of hydrogen-bond donors (Lipinski definition) is 0. The number of furan rings is 1. The predicted molar refractivity (Wildman–Crippen MR) is 66.4 cm³/mol. The lowest BCUT2D eigenvalue weighted by atomic mass is 10.3. The molecule has 0 saturated carbocycles. The fraction of sp³-hybridized carbons (Fsp3) is 0.231. The molecular weight excluding hydrogens is 236 g/mol. The second kappa shape index (κ2) is 5.10.